The summed E-state index contributed by atoms with van der Waals surface area (Å²) in [6.45, 7) is 8.00. The standard InChI is InChI=1S/C12H10N2.2C2H6/c1-3-7-11(8-4-1)13-14-12-9-5-2-6-10-12;2*1-2/h1-10H;2*1-2H3. The molecule has 0 saturated heterocycles. The van der Waals surface area contributed by atoms with Crippen molar-refractivity contribution < 1.29 is 0 Å². The van der Waals surface area contributed by atoms with Gasteiger partial charge >= 0.3 is 0 Å². The number of hydrogen-bond donors (Lipinski definition) is 0. The predicted molar refractivity (Wildman–Crippen MR) is 79.8 cm³/mol. The van der Waals surface area contributed by atoms with E-state index in [2.05, 4.69) is 10.2 Å². The molecule has 0 aliphatic heterocycles. The van der Waals surface area contributed by atoms with E-state index in [9.17, 15) is 0 Å². The van der Waals surface area contributed by atoms with Gasteiger partial charge in [0.15, 0.2) is 0 Å². The third kappa shape index (κ3) is 6.59. The second-order valence-corrected chi connectivity index (χ2v) is 2.87. The SMILES string of the molecule is CC.CC.c1ccc(N=Nc2ccccc2)cc1. The van der Waals surface area contributed by atoms with Crippen LogP contribution in [0.25, 0.3) is 0 Å². The summed E-state index contributed by atoms with van der Waals surface area (Å²) >= 11 is 0. The van der Waals surface area contributed by atoms with Crippen LogP contribution in [0.15, 0.2) is 70.9 Å². The topological polar surface area (TPSA) is 24.7 Å². The largest absolute Gasteiger partial charge is 0.151 e. The summed E-state index contributed by atoms with van der Waals surface area (Å²) in [6, 6.07) is 19.4. The van der Waals surface area contributed by atoms with Gasteiger partial charge in [0.25, 0.3) is 0 Å². The number of hydrogen-bond acceptors (Lipinski definition) is 2. The minimum absolute atomic E-state index is 0.872. The minimum atomic E-state index is 0.872. The van der Waals surface area contributed by atoms with Crippen molar-refractivity contribution in [3.8, 4) is 0 Å². The van der Waals surface area contributed by atoms with Gasteiger partial charge in [-0.25, -0.2) is 0 Å². The van der Waals surface area contributed by atoms with Crippen molar-refractivity contribution in [1.29, 1.82) is 0 Å². The molecule has 0 amide bonds. The van der Waals surface area contributed by atoms with Crippen LogP contribution in [-0.2, 0) is 0 Å². The highest BCUT2D eigenvalue weighted by Gasteiger charge is 1.86. The lowest BCUT2D eigenvalue weighted by molar-refractivity contribution is 1.23. The van der Waals surface area contributed by atoms with Gasteiger partial charge in [0.05, 0.1) is 11.4 Å². The van der Waals surface area contributed by atoms with Gasteiger partial charge in [0, 0.05) is 0 Å². The molecule has 0 spiro atoms. The molecular weight excluding hydrogens is 220 g/mol. The normalized spacial score (nSPS) is 8.89. The first-order valence-electron chi connectivity index (χ1n) is 6.47. The van der Waals surface area contributed by atoms with Crippen molar-refractivity contribution in [1.82, 2.24) is 0 Å². The van der Waals surface area contributed by atoms with Crippen LogP contribution in [0.4, 0.5) is 11.4 Å². The van der Waals surface area contributed by atoms with Gasteiger partial charge in [-0.05, 0) is 24.3 Å². The highest BCUT2D eigenvalue weighted by Crippen LogP contribution is 2.16. The van der Waals surface area contributed by atoms with Crippen molar-refractivity contribution in [3.63, 3.8) is 0 Å². The first-order valence-corrected chi connectivity index (χ1v) is 6.47. The molecular formula is C16H22N2. The van der Waals surface area contributed by atoms with Gasteiger partial charge < -0.3 is 0 Å². The molecule has 0 radical (unpaired) electrons. The molecule has 0 bridgehead atoms. The summed E-state index contributed by atoms with van der Waals surface area (Å²) in [5.41, 5.74) is 1.74. The quantitative estimate of drug-likeness (QED) is 0.564. The highest BCUT2D eigenvalue weighted by atomic mass is 15.1. The van der Waals surface area contributed by atoms with Crippen LogP contribution >= 0.6 is 0 Å². The third-order valence-corrected chi connectivity index (χ3v) is 1.79. The van der Waals surface area contributed by atoms with Crippen LogP contribution in [0, 0.1) is 0 Å². The highest BCUT2D eigenvalue weighted by molar-refractivity contribution is 5.39. The van der Waals surface area contributed by atoms with Crippen molar-refractivity contribution in [2.75, 3.05) is 0 Å². The summed E-state index contributed by atoms with van der Waals surface area (Å²) in [5.74, 6) is 0. The monoisotopic (exact) mass is 242 g/mol. The summed E-state index contributed by atoms with van der Waals surface area (Å²) in [7, 11) is 0. The number of rotatable bonds is 2. The maximum absolute atomic E-state index is 4.10. The van der Waals surface area contributed by atoms with E-state index in [0.29, 0.717) is 0 Å². The molecule has 0 atom stereocenters. The first-order chi connectivity index (χ1) is 8.95. The molecule has 2 nitrogen and oxygen atoms in total. The zero-order chi connectivity index (χ0) is 13.6. The number of benzene rings is 2. The molecule has 0 aromatic heterocycles. The zero-order valence-electron chi connectivity index (χ0n) is 11.7. The molecule has 0 unspecified atom stereocenters. The van der Waals surface area contributed by atoms with E-state index in [1.165, 1.54) is 0 Å². The fraction of sp³-hybridized carbons (Fsp3) is 0.250. The van der Waals surface area contributed by atoms with E-state index in [1.807, 2.05) is 88.4 Å². The lowest BCUT2D eigenvalue weighted by Crippen LogP contribution is -1.62. The second kappa shape index (κ2) is 11.5. The average Bonchev–Trinajstić information content (AvgIpc) is 2.51. The van der Waals surface area contributed by atoms with E-state index in [0.717, 1.165) is 11.4 Å². The van der Waals surface area contributed by atoms with E-state index < -0.39 is 0 Å². The van der Waals surface area contributed by atoms with E-state index in [1.54, 1.807) is 0 Å². The molecule has 0 fully saturated rings. The van der Waals surface area contributed by atoms with Gasteiger partial charge in [-0.3, -0.25) is 0 Å². The van der Waals surface area contributed by atoms with Crippen molar-refractivity contribution in [2.45, 2.75) is 27.7 Å². The molecule has 18 heavy (non-hydrogen) atoms. The predicted octanol–water partition coefficient (Wildman–Crippen LogP) is 6.15. The van der Waals surface area contributed by atoms with Gasteiger partial charge in [-0.1, -0.05) is 64.1 Å². The fourth-order valence-electron chi connectivity index (χ4n) is 1.10. The summed E-state index contributed by atoms with van der Waals surface area (Å²) < 4.78 is 0. The molecule has 0 saturated carbocycles. The lowest BCUT2D eigenvalue weighted by Gasteiger charge is -1.91. The third-order valence-electron chi connectivity index (χ3n) is 1.79. The minimum Gasteiger partial charge on any atom is -0.151 e. The summed E-state index contributed by atoms with van der Waals surface area (Å²) in [4.78, 5) is 0. The van der Waals surface area contributed by atoms with Gasteiger partial charge in [-0.15, -0.1) is 0 Å². The first kappa shape index (κ1) is 16.0. The second-order valence-electron chi connectivity index (χ2n) is 2.87. The van der Waals surface area contributed by atoms with Crippen LogP contribution in [0.3, 0.4) is 0 Å². The van der Waals surface area contributed by atoms with Crippen LogP contribution in [0.1, 0.15) is 27.7 Å². The summed E-state index contributed by atoms with van der Waals surface area (Å²) in [6.07, 6.45) is 0. The molecule has 0 aliphatic carbocycles. The van der Waals surface area contributed by atoms with Crippen LogP contribution in [0.2, 0.25) is 0 Å². The number of nitrogens with zero attached hydrogens (tertiary/aromatic N) is 2. The Morgan fingerprint density at radius 2 is 0.778 bits per heavy atom. The Balaban J connectivity index is 0.000000659. The Morgan fingerprint density at radius 3 is 1.06 bits per heavy atom. The van der Waals surface area contributed by atoms with E-state index in [-0.39, 0.29) is 0 Å². The van der Waals surface area contributed by atoms with Crippen molar-refractivity contribution in [2.24, 2.45) is 10.2 Å². The van der Waals surface area contributed by atoms with Crippen LogP contribution in [0.5, 0.6) is 0 Å². The molecule has 0 aliphatic rings. The van der Waals surface area contributed by atoms with E-state index >= 15 is 0 Å². The Morgan fingerprint density at radius 1 is 0.500 bits per heavy atom. The molecule has 2 aromatic carbocycles. The average molecular weight is 242 g/mol. The number of azo groups is 1. The molecule has 2 rings (SSSR count). The fourth-order valence-corrected chi connectivity index (χ4v) is 1.10. The van der Waals surface area contributed by atoms with Crippen LogP contribution < -0.4 is 0 Å². The van der Waals surface area contributed by atoms with Gasteiger partial charge in [0.2, 0.25) is 0 Å². The molecule has 2 heteroatoms. The van der Waals surface area contributed by atoms with Crippen molar-refractivity contribution >= 4 is 11.4 Å². The van der Waals surface area contributed by atoms with E-state index in [4.69, 9.17) is 0 Å². The Kier molecular flexibility index (Phi) is 10.3. The Bertz CT molecular complexity index is 366. The molecule has 2 aromatic rings. The Hall–Kier alpha value is -1.96. The smallest absolute Gasteiger partial charge is 0.0857 e. The summed E-state index contributed by atoms with van der Waals surface area (Å²) in [5, 5.41) is 8.20. The van der Waals surface area contributed by atoms with Gasteiger partial charge in [-0.2, -0.15) is 10.2 Å². The van der Waals surface area contributed by atoms with Gasteiger partial charge in [0.1, 0.15) is 0 Å². The molecule has 0 N–H and O–H groups in total. The lowest BCUT2D eigenvalue weighted by atomic mass is 10.3. The maximum atomic E-state index is 4.10. The van der Waals surface area contributed by atoms with Crippen LogP contribution in [-0.4, -0.2) is 0 Å². The van der Waals surface area contributed by atoms with Crippen molar-refractivity contribution in [3.05, 3.63) is 60.7 Å². The Labute approximate surface area is 110 Å². The maximum Gasteiger partial charge on any atom is 0.0857 e. The zero-order valence-corrected chi connectivity index (χ0v) is 11.7. The molecule has 96 valence electrons. The molecule has 0 heterocycles.